The highest BCUT2D eigenvalue weighted by atomic mass is 16.4. The zero-order chi connectivity index (χ0) is 14.3. The molecule has 106 valence electrons. The Kier molecular flexibility index (Phi) is 6.53. The van der Waals surface area contributed by atoms with E-state index in [4.69, 9.17) is 10.2 Å². The highest BCUT2D eigenvalue weighted by molar-refractivity contribution is 5.67. The van der Waals surface area contributed by atoms with Gasteiger partial charge in [-0.15, -0.1) is 0 Å². The first-order chi connectivity index (χ1) is 9.06. The molecule has 0 fully saturated rings. The molecule has 0 aliphatic rings. The molecule has 0 spiro atoms. The highest BCUT2D eigenvalue weighted by Gasteiger charge is 2.20. The highest BCUT2D eigenvalue weighted by Crippen LogP contribution is 2.13. The minimum Gasteiger partial charge on any atom is -0.481 e. The van der Waals surface area contributed by atoms with E-state index in [1.807, 2.05) is 43.0 Å². The van der Waals surface area contributed by atoms with Crippen molar-refractivity contribution in [3.63, 3.8) is 0 Å². The van der Waals surface area contributed by atoms with Crippen molar-refractivity contribution in [2.75, 3.05) is 19.7 Å². The summed E-state index contributed by atoms with van der Waals surface area (Å²) in [4.78, 5) is 13.0. The first-order valence-electron chi connectivity index (χ1n) is 6.69. The Morgan fingerprint density at radius 2 is 1.95 bits per heavy atom. The van der Waals surface area contributed by atoms with Crippen LogP contribution in [0.2, 0.25) is 0 Å². The van der Waals surface area contributed by atoms with Gasteiger partial charge in [-0.25, -0.2) is 0 Å². The van der Waals surface area contributed by atoms with Crippen LogP contribution in [0.5, 0.6) is 0 Å². The molecule has 1 rings (SSSR count). The van der Waals surface area contributed by atoms with Crippen molar-refractivity contribution in [3.8, 4) is 0 Å². The van der Waals surface area contributed by atoms with Crippen molar-refractivity contribution >= 4 is 5.97 Å². The van der Waals surface area contributed by atoms with E-state index >= 15 is 0 Å². The first-order valence-corrected chi connectivity index (χ1v) is 6.69. The topological polar surface area (TPSA) is 60.8 Å². The van der Waals surface area contributed by atoms with Gasteiger partial charge in [0.15, 0.2) is 0 Å². The molecule has 0 aromatic heterocycles. The van der Waals surface area contributed by atoms with Crippen LogP contribution in [0.1, 0.15) is 24.5 Å². The van der Waals surface area contributed by atoms with E-state index in [0.29, 0.717) is 13.0 Å². The summed E-state index contributed by atoms with van der Waals surface area (Å²) in [7, 11) is 0. The number of nitrogens with zero attached hydrogens (tertiary/aromatic N) is 1. The van der Waals surface area contributed by atoms with Crippen LogP contribution in [0, 0.1) is 6.92 Å². The summed E-state index contributed by atoms with van der Waals surface area (Å²) in [6.45, 7) is 5.32. The van der Waals surface area contributed by atoms with Gasteiger partial charge in [0.1, 0.15) is 0 Å². The minimum atomic E-state index is -0.798. The molecule has 0 aliphatic heterocycles. The van der Waals surface area contributed by atoms with Crippen molar-refractivity contribution in [1.29, 1.82) is 0 Å². The molecule has 0 heterocycles. The van der Waals surface area contributed by atoms with Crippen molar-refractivity contribution in [2.24, 2.45) is 0 Å². The Bertz CT molecular complexity index is 389. The molecule has 0 saturated carbocycles. The fourth-order valence-electron chi connectivity index (χ4n) is 2.26. The molecule has 4 heteroatoms. The third-order valence-corrected chi connectivity index (χ3v) is 3.31. The van der Waals surface area contributed by atoms with Gasteiger partial charge in [-0.2, -0.15) is 0 Å². The van der Waals surface area contributed by atoms with Crippen LogP contribution in [-0.4, -0.2) is 46.8 Å². The number of rotatable bonds is 8. The Hall–Kier alpha value is -1.39. The Balaban J connectivity index is 2.77. The molecule has 4 nitrogen and oxygen atoms in total. The maximum absolute atomic E-state index is 11.0. The number of carbonyl (C=O) groups is 1. The summed E-state index contributed by atoms with van der Waals surface area (Å²) in [5.74, 6) is -0.798. The zero-order valence-corrected chi connectivity index (χ0v) is 11.7. The first kappa shape index (κ1) is 15.7. The van der Waals surface area contributed by atoms with Crippen molar-refractivity contribution in [1.82, 2.24) is 4.90 Å². The van der Waals surface area contributed by atoms with E-state index in [1.165, 1.54) is 5.56 Å². The standard InChI is InChI=1S/C15H23NO3/c1-3-16(8-9-17)14(11-15(18)19)10-13-6-4-12(2)5-7-13/h4-7,14,17H,3,8-11H2,1-2H3,(H,18,19). The predicted octanol–water partition coefficient (Wildman–Crippen LogP) is 1.70. The number of carboxylic acids is 1. The molecule has 0 bridgehead atoms. The zero-order valence-electron chi connectivity index (χ0n) is 11.7. The second-order valence-corrected chi connectivity index (χ2v) is 4.79. The van der Waals surface area contributed by atoms with Crippen LogP contribution in [0.15, 0.2) is 24.3 Å². The third-order valence-electron chi connectivity index (χ3n) is 3.31. The van der Waals surface area contributed by atoms with Gasteiger partial charge < -0.3 is 10.2 Å². The number of aliphatic carboxylic acids is 1. The lowest BCUT2D eigenvalue weighted by atomic mass is 10.0. The van der Waals surface area contributed by atoms with Gasteiger partial charge in [-0.05, 0) is 25.5 Å². The second-order valence-electron chi connectivity index (χ2n) is 4.79. The number of aryl methyl sites for hydroxylation is 1. The number of hydrogen-bond acceptors (Lipinski definition) is 3. The van der Waals surface area contributed by atoms with Gasteiger partial charge >= 0.3 is 5.97 Å². The average Bonchev–Trinajstić information content (AvgIpc) is 2.37. The SMILES string of the molecule is CCN(CCO)C(CC(=O)O)Cc1ccc(C)cc1. The lowest BCUT2D eigenvalue weighted by Gasteiger charge is -2.29. The van der Waals surface area contributed by atoms with Crippen molar-refractivity contribution < 1.29 is 15.0 Å². The van der Waals surface area contributed by atoms with E-state index in [9.17, 15) is 4.79 Å². The van der Waals surface area contributed by atoms with E-state index in [-0.39, 0.29) is 19.1 Å². The molecule has 1 aromatic carbocycles. The van der Waals surface area contributed by atoms with E-state index in [2.05, 4.69) is 0 Å². The van der Waals surface area contributed by atoms with Crippen molar-refractivity contribution in [3.05, 3.63) is 35.4 Å². The number of likely N-dealkylation sites (N-methyl/N-ethyl adjacent to an activating group) is 1. The Labute approximate surface area is 114 Å². The largest absolute Gasteiger partial charge is 0.481 e. The van der Waals surface area contributed by atoms with Crippen LogP contribution in [0.4, 0.5) is 0 Å². The summed E-state index contributed by atoms with van der Waals surface area (Å²) in [5, 5.41) is 18.1. The number of benzene rings is 1. The monoisotopic (exact) mass is 265 g/mol. The molecular weight excluding hydrogens is 242 g/mol. The summed E-state index contributed by atoms with van der Waals surface area (Å²) in [5.41, 5.74) is 2.33. The summed E-state index contributed by atoms with van der Waals surface area (Å²) in [6.07, 6.45) is 0.794. The Morgan fingerprint density at radius 1 is 1.32 bits per heavy atom. The molecule has 1 aromatic rings. The summed E-state index contributed by atoms with van der Waals surface area (Å²) >= 11 is 0. The smallest absolute Gasteiger partial charge is 0.304 e. The molecule has 0 amide bonds. The number of aliphatic hydroxyl groups is 1. The minimum absolute atomic E-state index is 0.0534. The normalized spacial score (nSPS) is 12.6. The second kappa shape index (κ2) is 7.92. The maximum atomic E-state index is 11.0. The van der Waals surface area contributed by atoms with Gasteiger partial charge in [0.25, 0.3) is 0 Å². The molecule has 0 saturated heterocycles. The molecule has 1 atom stereocenters. The van der Waals surface area contributed by atoms with E-state index < -0.39 is 5.97 Å². The van der Waals surface area contributed by atoms with Crippen molar-refractivity contribution in [2.45, 2.75) is 32.7 Å². The number of carboxylic acid groups (broad SMARTS) is 1. The van der Waals surface area contributed by atoms with Crippen LogP contribution in [-0.2, 0) is 11.2 Å². The number of hydrogen-bond donors (Lipinski definition) is 2. The van der Waals surface area contributed by atoms with Crippen LogP contribution in [0.25, 0.3) is 0 Å². The Morgan fingerprint density at radius 3 is 2.42 bits per heavy atom. The van der Waals surface area contributed by atoms with Gasteiger partial charge in [0, 0.05) is 12.6 Å². The van der Waals surface area contributed by atoms with Gasteiger partial charge in [0.2, 0.25) is 0 Å². The molecule has 1 unspecified atom stereocenters. The molecule has 2 N–H and O–H groups in total. The van der Waals surface area contributed by atoms with Crippen LogP contribution < -0.4 is 0 Å². The third kappa shape index (κ3) is 5.41. The lowest BCUT2D eigenvalue weighted by molar-refractivity contribution is -0.138. The van der Waals surface area contributed by atoms with E-state index in [0.717, 1.165) is 12.1 Å². The molecule has 19 heavy (non-hydrogen) atoms. The molecule has 0 radical (unpaired) electrons. The van der Waals surface area contributed by atoms with E-state index in [1.54, 1.807) is 0 Å². The van der Waals surface area contributed by atoms with Crippen LogP contribution >= 0.6 is 0 Å². The fraction of sp³-hybridized carbons (Fsp3) is 0.533. The predicted molar refractivity (Wildman–Crippen MR) is 75.3 cm³/mol. The van der Waals surface area contributed by atoms with Gasteiger partial charge in [-0.3, -0.25) is 9.69 Å². The summed E-state index contributed by atoms with van der Waals surface area (Å²) in [6, 6.07) is 8.08. The maximum Gasteiger partial charge on any atom is 0.304 e. The average molecular weight is 265 g/mol. The summed E-state index contributed by atoms with van der Waals surface area (Å²) < 4.78 is 0. The van der Waals surface area contributed by atoms with Gasteiger partial charge in [-0.1, -0.05) is 36.8 Å². The fourth-order valence-corrected chi connectivity index (χ4v) is 2.26. The van der Waals surface area contributed by atoms with Gasteiger partial charge in [0.05, 0.1) is 13.0 Å². The molecular formula is C15H23NO3. The molecule has 0 aliphatic carbocycles. The quantitative estimate of drug-likeness (QED) is 0.751. The van der Waals surface area contributed by atoms with Crippen LogP contribution in [0.3, 0.4) is 0 Å². The lowest BCUT2D eigenvalue weighted by Crippen LogP contribution is -2.40. The number of aliphatic hydroxyl groups excluding tert-OH is 1.